The molecular formula is C75H56N6S. The molecule has 0 fully saturated rings. The summed E-state index contributed by atoms with van der Waals surface area (Å²) in [5, 5.41) is 3.61. The first-order chi connectivity index (χ1) is 40.3. The lowest BCUT2D eigenvalue weighted by atomic mass is 9.98. The Morgan fingerprint density at radius 1 is 0.451 bits per heavy atom. The van der Waals surface area contributed by atoms with Gasteiger partial charge in [-0.25, -0.2) is 9.97 Å². The highest BCUT2D eigenvalue weighted by molar-refractivity contribution is 7.23. The van der Waals surface area contributed by atoms with Gasteiger partial charge in [0.2, 0.25) is 0 Å². The molecule has 0 radical (unpaired) electrons. The molecule has 5 heterocycles. The van der Waals surface area contributed by atoms with Crippen LogP contribution in [0.5, 0.6) is 0 Å². The minimum atomic E-state index is 0.777. The SMILES string of the molecule is C=C/C(=C\c1cn(-c2ccccc2)c(C=C)c1-c1sc2c(ccc3c2c2cc(-c4ccc(-c5nc(C=C)c(C=C)n5-c5ccccc5)cc4)ccc2n3-c2ccccc2)c1C)c1ccc(-c2nc(C=C)c(C=C)n2-c2ccccc2)cc1. The van der Waals surface area contributed by atoms with Gasteiger partial charge >= 0.3 is 0 Å². The molecule has 0 unspecified atom stereocenters. The molecule has 5 aromatic heterocycles. The Morgan fingerprint density at radius 3 is 1.44 bits per heavy atom. The maximum absolute atomic E-state index is 5.06. The lowest BCUT2D eigenvalue weighted by molar-refractivity contribution is 1.05. The van der Waals surface area contributed by atoms with Gasteiger partial charge in [-0.1, -0.05) is 179 Å². The highest BCUT2D eigenvalue weighted by atomic mass is 32.1. The summed E-state index contributed by atoms with van der Waals surface area (Å²) >= 11 is 1.85. The molecule has 0 bridgehead atoms. The second kappa shape index (κ2) is 21.2. The zero-order chi connectivity index (χ0) is 56.0. The van der Waals surface area contributed by atoms with E-state index in [2.05, 4.69) is 241 Å². The van der Waals surface area contributed by atoms with E-state index in [1.165, 1.54) is 31.3 Å². The van der Waals surface area contributed by atoms with E-state index in [9.17, 15) is 0 Å². The van der Waals surface area contributed by atoms with E-state index < -0.39 is 0 Å². The number of para-hydroxylation sites is 4. The number of nitrogens with zero attached hydrogens (tertiary/aromatic N) is 6. The summed E-state index contributed by atoms with van der Waals surface area (Å²) in [5.41, 5.74) is 20.4. The van der Waals surface area contributed by atoms with Crippen LogP contribution in [0, 0.1) is 6.92 Å². The van der Waals surface area contributed by atoms with Crippen LogP contribution in [0.2, 0.25) is 0 Å². The Morgan fingerprint density at radius 2 is 0.927 bits per heavy atom. The van der Waals surface area contributed by atoms with Gasteiger partial charge in [-0.15, -0.1) is 11.3 Å². The molecule has 0 saturated carbocycles. The van der Waals surface area contributed by atoms with Gasteiger partial charge in [0.15, 0.2) is 0 Å². The maximum Gasteiger partial charge on any atom is 0.145 e. The molecule has 0 spiro atoms. The number of imidazole rings is 2. The molecule has 7 heteroatoms. The number of allylic oxidation sites excluding steroid dienone is 2. The van der Waals surface area contributed by atoms with Crippen molar-refractivity contribution in [3.8, 4) is 67.1 Å². The minimum absolute atomic E-state index is 0.777. The summed E-state index contributed by atoms with van der Waals surface area (Å²) < 4.78 is 10.2. The number of benzene rings is 8. The van der Waals surface area contributed by atoms with Gasteiger partial charge in [-0.05, 0) is 143 Å². The number of hydrogen-bond acceptors (Lipinski definition) is 3. The molecule has 0 aliphatic rings. The highest BCUT2D eigenvalue weighted by Crippen LogP contribution is 2.49. The van der Waals surface area contributed by atoms with Gasteiger partial charge in [-0.3, -0.25) is 9.13 Å². The van der Waals surface area contributed by atoms with E-state index in [0.29, 0.717) is 0 Å². The molecule has 13 rings (SSSR count). The second-order valence-corrected chi connectivity index (χ2v) is 21.1. The molecule has 392 valence electrons. The Kier molecular flexibility index (Phi) is 13.2. The molecule has 0 amide bonds. The van der Waals surface area contributed by atoms with Crippen molar-refractivity contribution in [2.45, 2.75) is 6.92 Å². The highest BCUT2D eigenvalue weighted by Gasteiger charge is 2.25. The van der Waals surface area contributed by atoms with Crippen LogP contribution < -0.4 is 0 Å². The van der Waals surface area contributed by atoms with E-state index in [1.807, 2.05) is 72.0 Å². The Balaban J connectivity index is 0.962. The van der Waals surface area contributed by atoms with Crippen molar-refractivity contribution >= 4 is 85.3 Å². The molecule has 13 aromatic rings. The molecule has 82 heavy (non-hydrogen) atoms. The fraction of sp³-hybridized carbons (Fsp3) is 0.0133. The average molecular weight is 1070 g/mol. The third-order valence-electron chi connectivity index (χ3n) is 15.5. The van der Waals surface area contributed by atoms with Crippen molar-refractivity contribution in [3.05, 3.63) is 297 Å². The smallest absolute Gasteiger partial charge is 0.145 e. The third kappa shape index (κ3) is 8.50. The van der Waals surface area contributed by atoms with E-state index in [1.54, 1.807) is 12.2 Å². The number of fused-ring (bicyclic) bond motifs is 5. The first-order valence-electron chi connectivity index (χ1n) is 27.3. The maximum atomic E-state index is 5.06. The lowest BCUT2D eigenvalue weighted by Crippen LogP contribution is -1.99. The van der Waals surface area contributed by atoms with Crippen LogP contribution in [-0.4, -0.2) is 28.2 Å². The summed E-state index contributed by atoms with van der Waals surface area (Å²) in [6.45, 7) is 27.5. The Hall–Kier alpha value is -10.6. The molecule has 0 aliphatic heterocycles. The molecule has 8 aromatic carbocycles. The minimum Gasteiger partial charge on any atom is -0.316 e. The summed E-state index contributed by atoms with van der Waals surface area (Å²) in [6, 6.07) is 70.6. The van der Waals surface area contributed by atoms with Crippen molar-refractivity contribution in [3.63, 3.8) is 0 Å². The quantitative estimate of drug-likeness (QED) is 0.0905. The Labute approximate surface area is 481 Å². The van der Waals surface area contributed by atoms with Crippen molar-refractivity contribution in [1.82, 2.24) is 28.2 Å². The number of thiophene rings is 1. The summed E-state index contributed by atoms with van der Waals surface area (Å²) in [7, 11) is 0. The molecule has 0 atom stereocenters. The van der Waals surface area contributed by atoms with Crippen molar-refractivity contribution in [2.24, 2.45) is 0 Å². The van der Waals surface area contributed by atoms with Crippen LogP contribution in [0.1, 0.15) is 45.2 Å². The van der Waals surface area contributed by atoms with E-state index in [-0.39, 0.29) is 0 Å². The number of aromatic nitrogens is 6. The van der Waals surface area contributed by atoms with E-state index in [0.717, 1.165) is 118 Å². The van der Waals surface area contributed by atoms with Gasteiger partial charge in [0.1, 0.15) is 11.6 Å². The topological polar surface area (TPSA) is 45.5 Å². The van der Waals surface area contributed by atoms with Gasteiger partial charge in [-0.2, -0.15) is 0 Å². The van der Waals surface area contributed by atoms with Gasteiger partial charge in [0.05, 0.1) is 39.5 Å². The zero-order valence-corrected chi connectivity index (χ0v) is 46.3. The normalized spacial score (nSPS) is 11.6. The molecule has 0 aliphatic carbocycles. The fourth-order valence-corrected chi connectivity index (χ4v) is 13.1. The van der Waals surface area contributed by atoms with Crippen LogP contribution in [0.3, 0.4) is 0 Å². The number of hydrogen-bond donors (Lipinski definition) is 0. The van der Waals surface area contributed by atoms with Crippen LogP contribution in [-0.2, 0) is 0 Å². The largest absolute Gasteiger partial charge is 0.316 e. The second-order valence-electron chi connectivity index (χ2n) is 20.1. The summed E-state index contributed by atoms with van der Waals surface area (Å²) in [6.07, 6.45) is 15.7. The first kappa shape index (κ1) is 50.9. The van der Waals surface area contributed by atoms with Crippen LogP contribution in [0.25, 0.3) is 141 Å². The number of aryl methyl sites for hydroxylation is 1. The molecular weight excluding hydrogens is 1020 g/mol. The monoisotopic (exact) mass is 1070 g/mol. The zero-order valence-electron chi connectivity index (χ0n) is 45.5. The van der Waals surface area contributed by atoms with Gasteiger partial charge < -0.3 is 9.13 Å². The predicted molar refractivity (Wildman–Crippen MR) is 351 cm³/mol. The van der Waals surface area contributed by atoms with Crippen molar-refractivity contribution in [1.29, 1.82) is 0 Å². The van der Waals surface area contributed by atoms with Gasteiger partial charge in [0, 0.05) is 71.5 Å². The Bertz CT molecular complexity index is 4690. The number of rotatable bonds is 16. The van der Waals surface area contributed by atoms with Gasteiger partial charge in [0.25, 0.3) is 0 Å². The van der Waals surface area contributed by atoms with Crippen LogP contribution in [0.15, 0.2) is 252 Å². The first-order valence-corrected chi connectivity index (χ1v) is 28.1. The predicted octanol–water partition coefficient (Wildman–Crippen LogP) is 20.1. The van der Waals surface area contributed by atoms with Crippen LogP contribution >= 0.6 is 11.3 Å². The molecule has 0 N–H and O–H groups in total. The van der Waals surface area contributed by atoms with E-state index in [4.69, 9.17) is 9.97 Å². The van der Waals surface area contributed by atoms with Crippen molar-refractivity contribution in [2.75, 3.05) is 0 Å². The standard InChI is InChI=1S/C75H56N6S/c1-8-50(51-34-38-53(39-35-51)74-76-63(9-2)65(11-4)80(74)59-30-22-16-23-31-59)46-56-48-78(57-26-18-14-19-27-57)67(13-6)70(56)72-49(7)61-43-45-69-71(73(61)82-72)62-47-55(42-44-68(62)79(69)58-28-20-15-21-29-58)52-36-40-54(41-37-52)75-77-64(10-3)66(12-5)81(75)60-32-24-17-25-33-60/h8-48H,1-6H2,7H3/b50-46+. The molecule has 6 nitrogen and oxygen atoms in total. The summed E-state index contributed by atoms with van der Waals surface area (Å²) in [4.78, 5) is 11.3. The van der Waals surface area contributed by atoms with E-state index >= 15 is 0 Å². The lowest BCUT2D eigenvalue weighted by Gasteiger charge is -2.11. The van der Waals surface area contributed by atoms with Crippen molar-refractivity contribution < 1.29 is 0 Å². The average Bonchev–Trinajstić information content (AvgIpc) is 3.74. The molecule has 0 saturated heterocycles. The third-order valence-corrected chi connectivity index (χ3v) is 16.9. The fourth-order valence-electron chi connectivity index (χ4n) is 11.7. The summed E-state index contributed by atoms with van der Waals surface area (Å²) in [5.74, 6) is 1.64. The van der Waals surface area contributed by atoms with Crippen LogP contribution in [0.4, 0.5) is 0 Å².